The van der Waals surface area contributed by atoms with Gasteiger partial charge in [-0.2, -0.15) is 0 Å². The Balaban J connectivity index is 1.38. The normalized spacial score (nSPS) is 45.5. The largest absolute Gasteiger partial charge is 0.504 e. The number of ether oxygens (including phenoxy) is 3. The van der Waals surface area contributed by atoms with E-state index in [2.05, 4.69) is 18.0 Å². The van der Waals surface area contributed by atoms with Crippen molar-refractivity contribution >= 4 is 0 Å². The average Bonchev–Trinajstić information content (AvgIpc) is 3.15. The van der Waals surface area contributed by atoms with Crippen LogP contribution in [0.5, 0.6) is 17.2 Å². The summed E-state index contributed by atoms with van der Waals surface area (Å²) in [5.74, 6) is 0.837. The minimum absolute atomic E-state index is 0.0866. The minimum Gasteiger partial charge on any atom is -0.504 e. The van der Waals surface area contributed by atoms with Gasteiger partial charge in [0.25, 0.3) is 0 Å². The number of benzene rings is 1. The van der Waals surface area contributed by atoms with Gasteiger partial charge in [-0.3, -0.25) is 0 Å². The summed E-state index contributed by atoms with van der Waals surface area (Å²) in [6.45, 7) is 0.628. The highest BCUT2D eigenvalue weighted by molar-refractivity contribution is 5.66. The number of rotatable bonds is 3. The molecule has 2 fully saturated rings. The Kier molecular flexibility index (Phi) is 4.77. The highest BCUT2D eigenvalue weighted by atomic mass is 16.6. The van der Waals surface area contributed by atoms with E-state index in [9.17, 15) is 30.6 Å². The summed E-state index contributed by atoms with van der Waals surface area (Å²) in [4.78, 5) is 2.30. The van der Waals surface area contributed by atoms with Gasteiger partial charge in [0.15, 0.2) is 17.8 Å². The molecule has 10 heteroatoms. The van der Waals surface area contributed by atoms with Gasteiger partial charge in [0, 0.05) is 34.6 Å². The molecular formula is C23H29NO9. The molecule has 33 heavy (non-hydrogen) atoms. The van der Waals surface area contributed by atoms with E-state index in [1.54, 1.807) is 6.08 Å². The van der Waals surface area contributed by atoms with E-state index in [-0.39, 0.29) is 24.3 Å². The number of aliphatic hydroxyl groups excluding tert-OH is 5. The standard InChI is InChI=1S/C23H29NO9/c1-24-5-4-23-10-2-3-12(25)21(23)33-20-13(26)7-14(9(16(20)23)6-11(10)24)31-8-15-17(27)18(28)19(29)22(30)32-15/h2-3,7,10-12,15,17-19,21-22,25-30H,4-6,8H2,1H3/t10-,11+,12-,15+,17+,18-,19+,21-,22+,23-/m0/s1. The topological polar surface area (TPSA) is 152 Å². The molecule has 0 saturated carbocycles. The lowest BCUT2D eigenvalue weighted by Crippen LogP contribution is -2.64. The highest BCUT2D eigenvalue weighted by Gasteiger charge is 2.64. The molecule has 1 spiro atoms. The first-order valence-electron chi connectivity index (χ1n) is 11.4. The number of piperidine rings is 1. The van der Waals surface area contributed by atoms with Crippen molar-refractivity contribution in [3.8, 4) is 17.2 Å². The van der Waals surface area contributed by atoms with Crippen molar-refractivity contribution in [1.82, 2.24) is 4.90 Å². The fourth-order valence-corrected chi connectivity index (χ4v) is 6.66. The lowest BCUT2D eigenvalue weighted by molar-refractivity contribution is -0.285. The number of likely N-dealkylation sites (tertiary alicyclic amines) is 1. The number of phenols is 1. The van der Waals surface area contributed by atoms with Crippen molar-refractivity contribution < 1.29 is 44.8 Å². The molecule has 0 amide bonds. The van der Waals surface area contributed by atoms with Crippen LogP contribution in [0.2, 0.25) is 0 Å². The maximum Gasteiger partial charge on any atom is 0.184 e. The highest BCUT2D eigenvalue weighted by Crippen LogP contribution is 2.63. The van der Waals surface area contributed by atoms with E-state index in [0.717, 1.165) is 24.1 Å². The number of aliphatic hydroxyl groups is 5. The molecule has 10 nitrogen and oxygen atoms in total. The van der Waals surface area contributed by atoms with Crippen molar-refractivity contribution in [1.29, 1.82) is 0 Å². The summed E-state index contributed by atoms with van der Waals surface area (Å²) in [7, 11) is 2.08. The zero-order valence-corrected chi connectivity index (χ0v) is 18.1. The molecular weight excluding hydrogens is 434 g/mol. The lowest BCUT2D eigenvalue weighted by Gasteiger charge is -2.56. The molecule has 6 rings (SSSR count). The number of aromatic hydroxyl groups is 1. The third-order valence-electron chi connectivity index (χ3n) is 8.33. The number of hydrogen-bond donors (Lipinski definition) is 6. The van der Waals surface area contributed by atoms with E-state index in [1.807, 2.05) is 0 Å². The number of phenolic OH excluding ortho intramolecular Hbond substituents is 1. The molecule has 2 aliphatic carbocycles. The summed E-state index contributed by atoms with van der Waals surface area (Å²) in [6.07, 6.45) is -3.38. The summed E-state index contributed by atoms with van der Waals surface area (Å²) in [5, 5.41) is 61.3. The van der Waals surface area contributed by atoms with Gasteiger partial charge < -0.3 is 49.7 Å². The second-order valence-electron chi connectivity index (χ2n) is 9.91. The summed E-state index contributed by atoms with van der Waals surface area (Å²) < 4.78 is 17.4. The second-order valence-corrected chi connectivity index (χ2v) is 9.91. The first-order valence-corrected chi connectivity index (χ1v) is 11.4. The molecule has 10 atom stereocenters. The monoisotopic (exact) mass is 463 g/mol. The Morgan fingerprint density at radius 2 is 1.91 bits per heavy atom. The van der Waals surface area contributed by atoms with Crippen LogP contribution in [0, 0.1) is 5.92 Å². The molecule has 1 aromatic rings. The van der Waals surface area contributed by atoms with Crippen LogP contribution in [0.4, 0.5) is 0 Å². The van der Waals surface area contributed by atoms with Crippen LogP contribution in [0.15, 0.2) is 18.2 Å². The molecule has 3 heterocycles. The van der Waals surface area contributed by atoms with Gasteiger partial charge in [-0.1, -0.05) is 12.2 Å². The lowest BCUT2D eigenvalue weighted by atomic mass is 9.53. The quantitative estimate of drug-likeness (QED) is 0.288. The van der Waals surface area contributed by atoms with Crippen molar-refractivity contribution in [3.63, 3.8) is 0 Å². The zero-order chi connectivity index (χ0) is 23.2. The molecule has 2 saturated heterocycles. The Morgan fingerprint density at radius 1 is 1.12 bits per heavy atom. The van der Waals surface area contributed by atoms with Crippen LogP contribution in [-0.4, -0.2) is 105 Å². The Bertz CT molecular complexity index is 1000. The first kappa shape index (κ1) is 21.6. The van der Waals surface area contributed by atoms with Gasteiger partial charge in [0.2, 0.25) is 0 Å². The summed E-state index contributed by atoms with van der Waals surface area (Å²) in [6, 6.07) is 1.63. The number of hydrogen-bond acceptors (Lipinski definition) is 10. The van der Waals surface area contributed by atoms with Crippen LogP contribution < -0.4 is 9.47 Å². The predicted molar refractivity (Wildman–Crippen MR) is 112 cm³/mol. The maximum absolute atomic E-state index is 10.8. The third kappa shape index (κ3) is 2.80. The molecule has 5 aliphatic rings. The molecule has 0 aromatic heterocycles. The van der Waals surface area contributed by atoms with Crippen molar-refractivity contribution in [2.75, 3.05) is 20.2 Å². The van der Waals surface area contributed by atoms with Gasteiger partial charge in [-0.25, -0.2) is 0 Å². The number of likely N-dealkylation sites (N-methyl/N-ethyl adjacent to an activating group) is 1. The van der Waals surface area contributed by atoms with E-state index >= 15 is 0 Å². The van der Waals surface area contributed by atoms with Crippen molar-refractivity contribution in [2.45, 2.75) is 67.2 Å². The average molecular weight is 463 g/mol. The van der Waals surface area contributed by atoms with Gasteiger partial charge >= 0.3 is 0 Å². The Hall–Kier alpha value is -1.92. The van der Waals surface area contributed by atoms with E-state index in [4.69, 9.17) is 14.2 Å². The minimum atomic E-state index is -1.65. The van der Waals surface area contributed by atoms with Crippen LogP contribution in [0.1, 0.15) is 17.5 Å². The molecule has 2 bridgehead atoms. The van der Waals surface area contributed by atoms with Gasteiger partial charge in [-0.05, 0) is 26.4 Å². The number of nitrogens with zero attached hydrogens (tertiary/aromatic N) is 1. The molecule has 1 aromatic carbocycles. The fourth-order valence-electron chi connectivity index (χ4n) is 6.66. The molecule has 3 aliphatic heterocycles. The van der Waals surface area contributed by atoms with E-state index < -0.39 is 48.3 Å². The van der Waals surface area contributed by atoms with Gasteiger partial charge in [-0.15, -0.1) is 0 Å². The molecule has 6 N–H and O–H groups in total. The second kappa shape index (κ2) is 7.29. The van der Waals surface area contributed by atoms with Crippen molar-refractivity contribution in [2.24, 2.45) is 5.92 Å². The molecule has 0 unspecified atom stereocenters. The van der Waals surface area contributed by atoms with Gasteiger partial charge in [0.1, 0.15) is 49.0 Å². The van der Waals surface area contributed by atoms with E-state index in [0.29, 0.717) is 17.9 Å². The fraction of sp³-hybridized carbons (Fsp3) is 0.652. The van der Waals surface area contributed by atoms with Crippen LogP contribution in [-0.2, 0) is 16.6 Å². The van der Waals surface area contributed by atoms with Gasteiger partial charge in [0.05, 0.1) is 0 Å². The third-order valence-corrected chi connectivity index (χ3v) is 8.33. The SMILES string of the molecule is CN1CC[C@]23c4c5c(OC[C@H]6O[C@@H](O)[C@H](O)[C@@H](O)[C@@H]6O)cc(O)c4O[C@H]2[C@@H](O)C=C[C@H]3[C@H]1C5. The summed E-state index contributed by atoms with van der Waals surface area (Å²) >= 11 is 0. The van der Waals surface area contributed by atoms with Crippen molar-refractivity contribution in [3.05, 3.63) is 29.3 Å². The van der Waals surface area contributed by atoms with E-state index in [1.165, 1.54) is 6.07 Å². The Labute approximate surface area is 190 Å². The van der Waals surface area contributed by atoms with Crippen LogP contribution >= 0.6 is 0 Å². The molecule has 180 valence electrons. The summed E-state index contributed by atoms with van der Waals surface area (Å²) in [5.41, 5.74) is 1.29. The molecule has 0 radical (unpaired) electrons. The predicted octanol–water partition coefficient (Wildman–Crippen LogP) is -1.62. The maximum atomic E-state index is 10.8. The van der Waals surface area contributed by atoms with Crippen LogP contribution in [0.3, 0.4) is 0 Å². The van der Waals surface area contributed by atoms with Crippen LogP contribution in [0.25, 0.3) is 0 Å². The first-order chi connectivity index (χ1) is 15.7. The zero-order valence-electron chi connectivity index (χ0n) is 18.1. The Morgan fingerprint density at radius 3 is 2.70 bits per heavy atom. The smallest absolute Gasteiger partial charge is 0.184 e.